The Bertz CT molecular complexity index is 1580. The first-order valence-corrected chi connectivity index (χ1v) is 13.9. The number of rotatable bonds is 3. The highest BCUT2D eigenvalue weighted by atomic mass is 32.2. The Hall–Kier alpha value is -2.62. The molecule has 1 aliphatic rings. The molecule has 0 unspecified atom stereocenters. The van der Waals surface area contributed by atoms with Gasteiger partial charge < -0.3 is 4.42 Å². The van der Waals surface area contributed by atoms with Gasteiger partial charge in [-0.2, -0.15) is 0 Å². The predicted octanol–water partition coefficient (Wildman–Crippen LogP) is 10.0. The van der Waals surface area contributed by atoms with Gasteiger partial charge in [0.15, 0.2) is 0 Å². The average molecular weight is 495 g/mol. The van der Waals surface area contributed by atoms with Gasteiger partial charge in [-0.15, -0.1) is 0 Å². The Morgan fingerprint density at radius 1 is 0.629 bits per heavy atom. The summed E-state index contributed by atoms with van der Waals surface area (Å²) in [7, 11) is 0. The lowest BCUT2D eigenvalue weighted by Crippen LogP contribution is -2.22. The summed E-state index contributed by atoms with van der Waals surface area (Å²) in [6.07, 6.45) is 0.950. The van der Waals surface area contributed by atoms with E-state index < -0.39 is 0 Å². The molecule has 2 heterocycles. The van der Waals surface area contributed by atoms with E-state index in [0.717, 1.165) is 17.6 Å². The molecule has 1 aliphatic heterocycles. The third-order valence-electron chi connectivity index (χ3n) is 7.04. The van der Waals surface area contributed by atoms with E-state index in [9.17, 15) is 0 Å². The molecular weight excluding hydrogens is 464 g/mol. The van der Waals surface area contributed by atoms with Gasteiger partial charge in [0.1, 0.15) is 11.2 Å². The summed E-state index contributed by atoms with van der Waals surface area (Å²) < 4.78 is 6.42. The van der Waals surface area contributed by atoms with Crippen LogP contribution in [0.25, 0.3) is 21.9 Å². The lowest BCUT2D eigenvalue weighted by Gasteiger charge is -2.32. The van der Waals surface area contributed by atoms with Crippen LogP contribution in [0.1, 0.15) is 51.3 Å². The summed E-state index contributed by atoms with van der Waals surface area (Å²) in [5.41, 5.74) is 6.10. The van der Waals surface area contributed by atoms with Crippen molar-refractivity contribution in [2.45, 2.75) is 71.5 Å². The Morgan fingerprint density at radius 3 is 2.03 bits per heavy atom. The molecule has 0 aliphatic carbocycles. The molecule has 1 aromatic heterocycles. The van der Waals surface area contributed by atoms with Crippen molar-refractivity contribution in [1.29, 1.82) is 0 Å². The summed E-state index contributed by atoms with van der Waals surface area (Å²) in [4.78, 5) is 5.57. The Kier molecular flexibility index (Phi) is 5.36. The van der Waals surface area contributed by atoms with E-state index in [1.807, 2.05) is 29.6 Å². The van der Waals surface area contributed by atoms with Crippen molar-refractivity contribution in [3.63, 3.8) is 0 Å². The minimum atomic E-state index is -0.0907. The standard InChI is InChI=1S/C32H30OS2/c1-31(2,3)24-18-17-20(29-30(24)35-27-16-9-8-15-26(27)34-29)19-32(4,5)23-13-10-12-22-21-11-6-7-14-25(21)33-28(22)23/h6-18H,19H2,1-5H3. The minimum Gasteiger partial charge on any atom is -0.456 e. The van der Waals surface area contributed by atoms with Crippen LogP contribution < -0.4 is 0 Å². The van der Waals surface area contributed by atoms with Crippen molar-refractivity contribution in [2.75, 3.05) is 0 Å². The van der Waals surface area contributed by atoms with Crippen molar-refractivity contribution in [3.8, 4) is 0 Å². The highest BCUT2D eigenvalue weighted by Gasteiger charge is 2.31. The highest BCUT2D eigenvalue weighted by Crippen LogP contribution is 2.53. The van der Waals surface area contributed by atoms with Crippen LogP contribution in [0.5, 0.6) is 0 Å². The van der Waals surface area contributed by atoms with Crippen molar-refractivity contribution < 1.29 is 4.42 Å². The number of benzene rings is 4. The monoisotopic (exact) mass is 494 g/mol. The van der Waals surface area contributed by atoms with Crippen molar-refractivity contribution in [3.05, 3.63) is 95.6 Å². The van der Waals surface area contributed by atoms with Crippen LogP contribution in [0.3, 0.4) is 0 Å². The van der Waals surface area contributed by atoms with E-state index in [2.05, 4.69) is 107 Å². The van der Waals surface area contributed by atoms with Gasteiger partial charge in [0, 0.05) is 35.9 Å². The van der Waals surface area contributed by atoms with Crippen LogP contribution in [0, 0.1) is 0 Å². The number of hydrogen-bond donors (Lipinski definition) is 0. The average Bonchev–Trinajstić information content (AvgIpc) is 3.21. The van der Waals surface area contributed by atoms with Gasteiger partial charge in [0.25, 0.3) is 0 Å². The molecular formula is C32H30OS2. The molecule has 176 valence electrons. The quantitative estimate of drug-likeness (QED) is 0.243. The molecule has 0 radical (unpaired) electrons. The highest BCUT2D eigenvalue weighted by molar-refractivity contribution is 8.05. The lowest BCUT2D eigenvalue weighted by molar-refractivity contribution is 0.508. The van der Waals surface area contributed by atoms with E-state index in [1.165, 1.54) is 47.0 Å². The van der Waals surface area contributed by atoms with Crippen molar-refractivity contribution >= 4 is 45.5 Å². The first kappa shape index (κ1) is 22.8. The number of hydrogen-bond acceptors (Lipinski definition) is 3. The summed E-state index contributed by atoms with van der Waals surface area (Å²) in [6, 6.07) is 28.5. The molecule has 4 aromatic carbocycles. The second kappa shape index (κ2) is 8.21. The number of furan rings is 1. The van der Waals surface area contributed by atoms with Crippen LogP contribution >= 0.6 is 23.5 Å². The molecule has 35 heavy (non-hydrogen) atoms. The molecule has 0 amide bonds. The molecule has 0 N–H and O–H groups in total. The van der Waals surface area contributed by atoms with E-state index in [4.69, 9.17) is 4.42 Å². The number of fused-ring (bicyclic) bond motifs is 5. The fourth-order valence-corrected chi connectivity index (χ4v) is 7.99. The van der Waals surface area contributed by atoms with Gasteiger partial charge in [0.2, 0.25) is 0 Å². The minimum absolute atomic E-state index is 0.0907. The molecule has 6 rings (SSSR count). The van der Waals surface area contributed by atoms with Crippen LogP contribution in [0.2, 0.25) is 0 Å². The molecule has 0 atom stereocenters. The third-order valence-corrected chi connectivity index (χ3v) is 9.75. The third kappa shape index (κ3) is 3.90. The molecule has 0 fully saturated rings. The normalized spacial score (nSPS) is 13.7. The van der Waals surface area contributed by atoms with Crippen LogP contribution in [-0.4, -0.2) is 0 Å². The fraction of sp³-hybridized carbons (Fsp3) is 0.250. The van der Waals surface area contributed by atoms with Crippen molar-refractivity contribution in [2.24, 2.45) is 0 Å². The van der Waals surface area contributed by atoms with Crippen LogP contribution in [0.4, 0.5) is 0 Å². The fourth-order valence-electron chi connectivity index (χ4n) is 5.24. The maximum absolute atomic E-state index is 6.42. The summed E-state index contributed by atoms with van der Waals surface area (Å²) in [5, 5.41) is 2.39. The lowest BCUT2D eigenvalue weighted by atomic mass is 9.77. The maximum atomic E-state index is 6.42. The summed E-state index contributed by atoms with van der Waals surface area (Å²) >= 11 is 3.88. The summed E-state index contributed by atoms with van der Waals surface area (Å²) in [5.74, 6) is 0. The zero-order valence-electron chi connectivity index (χ0n) is 20.9. The van der Waals surface area contributed by atoms with Gasteiger partial charge >= 0.3 is 0 Å². The molecule has 0 bridgehead atoms. The van der Waals surface area contributed by atoms with Gasteiger partial charge in [-0.05, 0) is 46.6 Å². The van der Waals surface area contributed by atoms with Gasteiger partial charge in [-0.1, -0.05) is 119 Å². The van der Waals surface area contributed by atoms with Crippen LogP contribution in [0.15, 0.2) is 103 Å². The van der Waals surface area contributed by atoms with Gasteiger partial charge in [-0.25, -0.2) is 0 Å². The predicted molar refractivity (Wildman–Crippen MR) is 150 cm³/mol. The first-order valence-electron chi connectivity index (χ1n) is 12.2. The summed E-state index contributed by atoms with van der Waals surface area (Å²) in [6.45, 7) is 11.7. The van der Waals surface area contributed by atoms with E-state index >= 15 is 0 Å². The first-order chi connectivity index (χ1) is 16.7. The van der Waals surface area contributed by atoms with E-state index in [0.29, 0.717) is 0 Å². The molecule has 0 saturated heterocycles. The smallest absolute Gasteiger partial charge is 0.139 e. The Balaban J connectivity index is 1.47. The molecule has 0 saturated carbocycles. The zero-order chi connectivity index (χ0) is 24.4. The zero-order valence-corrected chi connectivity index (χ0v) is 22.6. The Labute approximate surface area is 216 Å². The molecule has 3 heteroatoms. The SMILES string of the molecule is CC(C)(C)c1ccc(CC(C)(C)c2cccc3c2oc2ccccc23)c2c1Sc1ccccc1S2. The second-order valence-corrected chi connectivity index (χ2v) is 13.3. The number of para-hydroxylation sites is 2. The second-order valence-electron chi connectivity index (χ2n) is 11.2. The topological polar surface area (TPSA) is 13.1 Å². The van der Waals surface area contributed by atoms with Crippen LogP contribution in [-0.2, 0) is 17.3 Å². The molecule has 5 aromatic rings. The molecule has 1 nitrogen and oxygen atoms in total. The largest absolute Gasteiger partial charge is 0.456 e. The molecule has 0 spiro atoms. The van der Waals surface area contributed by atoms with E-state index in [1.54, 1.807) is 0 Å². The van der Waals surface area contributed by atoms with Gasteiger partial charge in [-0.3, -0.25) is 0 Å². The Morgan fingerprint density at radius 2 is 1.29 bits per heavy atom. The van der Waals surface area contributed by atoms with Crippen molar-refractivity contribution in [1.82, 2.24) is 0 Å². The van der Waals surface area contributed by atoms with Gasteiger partial charge in [0.05, 0.1) is 0 Å². The maximum Gasteiger partial charge on any atom is 0.139 e. The van der Waals surface area contributed by atoms with E-state index in [-0.39, 0.29) is 10.8 Å².